The maximum atomic E-state index is 13.0. The second-order valence-corrected chi connectivity index (χ2v) is 7.10. The highest BCUT2D eigenvalue weighted by atomic mass is 19.4. The van der Waals surface area contributed by atoms with Gasteiger partial charge in [0.25, 0.3) is 5.91 Å². The van der Waals surface area contributed by atoms with Gasteiger partial charge in [-0.3, -0.25) is 9.20 Å². The Hall–Kier alpha value is -3.88. The molecular formula is C22H18F3N5O. The summed E-state index contributed by atoms with van der Waals surface area (Å²) in [6.45, 7) is 0. The Morgan fingerprint density at radius 2 is 1.84 bits per heavy atom. The zero-order valence-corrected chi connectivity index (χ0v) is 16.7. The van der Waals surface area contributed by atoms with Gasteiger partial charge < -0.3 is 10.2 Å². The van der Waals surface area contributed by atoms with Crippen molar-refractivity contribution in [3.05, 3.63) is 78.2 Å². The first-order chi connectivity index (χ1) is 14.7. The number of halogens is 3. The summed E-state index contributed by atoms with van der Waals surface area (Å²) in [6, 6.07) is 12.0. The van der Waals surface area contributed by atoms with Crippen molar-refractivity contribution in [3.63, 3.8) is 0 Å². The van der Waals surface area contributed by atoms with Crippen LogP contribution in [-0.2, 0) is 6.18 Å². The number of aromatic nitrogens is 3. The minimum Gasteiger partial charge on any atom is -0.345 e. The molecule has 2 heterocycles. The Kier molecular flexibility index (Phi) is 5.10. The van der Waals surface area contributed by atoms with Gasteiger partial charge in [0.1, 0.15) is 0 Å². The summed E-state index contributed by atoms with van der Waals surface area (Å²) in [6.07, 6.45) is 0.429. The fourth-order valence-electron chi connectivity index (χ4n) is 3.20. The van der Waals surface area contributed by atoms with Gasteiger partial charge in [-0.15, -0.1) is 0 Å². The van der Waals surface area contributed by atoms with E-state index in [2.05, 4.69) is 15.3 Å². The van der Waals surface area contributed by atoms with Crippen molar-refractivity contribution in [1.82, 2.24) is 19.3 Å². The maximum absolute atomic E-state index is 13.0. The molecule has 0 fully saturated rings. The number of amides is 1. The van der Waals surface area contributed by atoms with Crippen LogP contribution in [0.25, 0.3) is 16.9 Å². The van der Waals surface area contributed by atoms with Crippen LogP contribution < -0.4 is 5.32 Å². The molecule has 4 rings (SSSR count). The molecule has 1 amide bonds. The number of nitrogens with one attached hydrogen (secondary N) is 1. The highest BCUT2D eigenvalue weighted by Gasteiger charge is 2.30. The Morgan fingerprint density at radius 1 is 1.06 bits per heavy atom. The lowest BCUT2D eigenvalue weighted by Crippen LogP contribution is -2.21. The lowest BCUT2D eigenvalue weighted by molar-refractivity contribution is -0.137. The van der Waals surface area contributed by atoms with Gasteiger partial charge in [-0.2, -0.15) is 13.2 Å². The van der Waals surface area contributed by atoms with Gasteiger partial charge in [-0.1, -0.05) is 18.2 Å². The lowest BCUT2D eigenvalue weighted by Gasteiger charge is -2.12. The van der Waals surface area contributed by atoms with Crippen LogP contribution in [0.5, 0.6) is 0 Å². The maximum Gasteiger partial charge on any atom is 0.416 e. The zero-order valence-electron chi connectivity index (χ0n) is 16.7. The first-order valence-electron chi connectivity index (χ1n) is 9.32. The molecule has 0 aliphatic carbocycles. The molecule has 0 aliphatic heterocycles. The number of rotatable bonds is 4. The number of carbonyl (C=O) groups excluding carboxylic acids is 1. The molecule has 31 heavy (non-hydrogen) atoms. The molecule has 0 unspecified atom stereocenters. The Morgan fingerprint density at radius 3 is 2.58 bits per heavy atom. The largest absolute Gasteiger partial charge is 0.416 e. The smallest absolute Gasteiger partial charge is 0.345 e. The van der Waals surface area contributed by atoms with E-state index in [1.807, 2.05) is 6.07 Å². The predicted molar refractivity (Wildman–Crippen MR) is 111 cm³/mol. The second kappa shape index (κ2) is 7.75. The van der Waals surface area contributed by atoms with Crippen molar-refractivity contribution in [2.45, 2.75) is 6.18 Å². The van der Waals surface area contributed by atoms with Crippen LogP contribution in [0.15, 0.2) is 67.1 Å². The third-order valence-corrected chi connectivity index (χ3v) is 4.69. The van der Waals surface area contributed by atoms with Crippen LogP contribution in [-0.4, -0.2) is 39.3 Å². The van der Waals surface area contributed by atoms with E-state index < -0.39 is 11.7 Å². The van der Waals surface area contributed by atoms with Crippen LogP contribution in [0.1, 0.15) is 15.9 Å². The third kappa shape index (κ3) is 4.07. The van der Waals surface area contributed by atoms with Crippen molar-refractivity contribution < 1.29 is 18.0 Å². The SMILES string of the molecule is CN(C)C(=O)c1cccc(-c2cnc3c(Nc4cccc(C(F)(F)F)c4)nccn23)c1. The lowest BCUT2D eigenvalue weighted by atomic mass is 10.1. The van der Waals surface area contributed by atoms with E-state index in [0.717, 1.165) is 23.4 Å². The number of alkyl halides is 3. The molecule has 0 atom stereocenters. The summed E-state index contributed by atoms with van der Waals surface area (Å²) in [4.78, 5) is 22.4. The first kappa shape index (κ1) is 20.4. The Bertz CT molecular complexity index is 1260. The first-order valence-corrected chi connectivity index (χ1v) is 9.32. The topological polar surface area (TPSA) is 62.5 Å². The predicted octanol–water partition coefficient (Wildman–Crippen LogP) is 4.86. The number of hydrogen-bond acceptors (Lipinski definition) is 4. The molecule has 2 aromatic carbocycles. The third-order valence-electron chi connectivity index (χ3n) is 4.69. The highest BCUT2D eigenvalue weighted by Crippen LogP contribution is 2.32. The van der Waals surface area contributed by atoms with Crippen LogP contribution in [0.3, 0.4) is 0 Å². The van der Waals surface area contributed by atoms with E-state index >= 15 is 0 Å². The quantitative estimate of drug-likeness (QED) is 0.507. The molecule has 158 valence electrons. The monoisotopic (exact) mass is 425 g/mol. The van der Waals surface area contributed by atoms with Gasteiger partial charge in [0, 0.05) is 43.3 Å². The standard InChI is InChI=1S/C22H18F3N5O/c1-29(2)21(31)15-6-3-5-14(11-15)18-13-27-20-19(26-9-10-30(18)20)28-17-8-4-7-16(12-17)22(23,24)25/h3-13H,1-2H3,(H,26,28). The van der Waals surface area contributed by atoms with Crippen LogP contribution in [0, 0.1) is 0 Å². The molecule has 2 aromatic heterocycles. The van der Waals surface area contributed by atoms with Crippen molar-refractivity contribution in [3.8, 4) is 11.3 Å². The highest BCUT2D eigenvalue weighted by molar-refractivity contribution is 5.95. The second-order valence-electron chi connectivity index (χ2n) is 7.10. The normalized spacial score (nSPS) is 11.5. The average Bonchev–Trinajstić information content (AvgIpc) is 3.18. The molecule has 4 aromatic rings. The number of nitrogens with zero attached hydrogens (tertiary/aromatic N) is 4. The van der Waals surface area contributed by atoms with Crippen molar-refractivity contribution >= 4 is 23.1 Å². The number of fused-ring (bicyclic) bond motifs is 1. The van der Waals surface area contributed by atoms with Crippen molar-refractivity contribution in [2.75, 3.05) is 19.4 Å². The number of benzene rings is 2. The van der Waals surface area contributed by atoms with E-state index in [-0.39, 0.29) is 11.6 Å². The van der Waals surface area contributed by atoms with Gasteiger partial charge >= 0.3 is 6.18 Å². The summed E-state index contributed by atoms with van der Waals surface area (Å²) in [5.41, 5.74) is 1.97. The minimum atomic E-state index is -4.44. The summed E-state index contributed by atoms with van der Waals surface area (Å²) >= 11 is 0. The number of imidazole rings is 1. The molecule has 0 saturated heterocycles. The number of hydrogen-bond donors (Lipinski definition) is 1. The summed E-state index contributed by atoms with van der Waals surface area (Å²) in [5.74, 6) is 0.192. The Balaban J connectivity index is 1.72. The minimum absolute atomic E-state index is 0.121. The van der Waals surface area contributed by atoms with Gasteiger partial charge in [0.2, 0.25) is 0 Å². The Labute approximate surface area is 176 Å². The van der Waals surface area contributed by atoms with Gasteiger partial charge in [-0.05, 0) is 30.3 Å². The molecule has 0 radical (unpaired) electrons. The summed E-state index contributed by atoms with van der Waals surface area (Å²) < 4.78 is 40.8. The van der Waals surface area contributed by atoms with Gasteiger partial charge in [-0.25, -0.2) is 9.97 Å². The fraction of sp³-hybridized carbons (Fsp3) is 0.136. The molecule has 0 aliphatic rings. The fourth-order valence-corrected chi connectivity index (χ4v) is 3.20. The average molecular weight is 425 g/mol. The van der Waals surface area contributed by atoms with E-state index in [0.29, 0.717) is 17.0 Å². The summed E-state index contributed by atoms with van der Waals surface area (Å²) in [7, 11) is 3.36. The van der Waals surface area contributed by atoms with E-state index in [4.69, 9.17) is 0 Å². The number of anilines is 2. The molecular weight excluding hydrogens is 407 g/mol. The van der Waals surface area contributed by atoms with Gasteiger partial charge in [0.05, 0.1) is 17.5 Å². The van der Waals surface area contributed by atoms with Crippen LogP contribution in [0.2, 0.25) is 0 Å². The summed E-state index contributed by atoms with van der Waals surface area (Å²) in [5, 5.41) is 2.91. The zero-order chi connectivity index (χ0) is 22.2. The molecule has 0 spiro atoms. The molecule has 9 heteroatoms. The molecule has 1 N–H and O–H groups in total. The molecule has 0 bridgehead atoms. The van der Waals surface area contributed by atoms with Crippen LogP contribution in [0.4, 0.5) is 24.7 Å². The van der Waals surface area contributed by atoms with E-state index in [1.54, 1.807) is 49.1 Å². The van der Waals surface area contributed by atoms with Gasteiger partial charge in [0.15, 0.2) is 11.5 Å². The number of carbonyl (C=O) groups is 1. The molecule has 6 nitrogen and oxygen atoms in total. The van der Waals surface area contributed by atoms with E-state index in [1.165, 1.54) is 23.2 Å². The van der Waals surface area contributed by atoms with Crippen molar-refractivity contribution in [2.24, 2.45) is 0 Å². The van der Waals surface area contributed by atoms with Crippen molar-refractivity contribution in [1.29, 1.82) is 0 Å². The molecule has 0 saturated carbocycles. The van der Waals surface area contributed by atoms with Crippen LogP contribution >= 0.6 is 0 Å². The van der Waals surface area contributed by atoms with E-state index in [9.17, 15) is 18.0 Å².